The zero-order valence-electron chi connectivity index (χ0n) is 21.7. The van der Waals surface area contributed by atoms with Crippen LogP contribution >= 0.6 is 0 Å². The number of piperazine rings is 1. The summed E-state index contributed by atoms with van der Waals surface area (Å²) in [6.45, 7) is 4.72. The SMILES string of the molecule is COc1ccc2c(c1)C(=O)N(CCC1(c3cc4nc(N5CCN(C(C)=O)CC5)ccc4o3)NC(=O)NC1=O)C2. The topological polar surface area (TPSA) is 137 Å². The van der Waals surface area contributed by atoms with Gasteiger partial charge in [-0.15, -0.1) is 0 Å². The maximum Gasteiger partial charge on any atom is 0.322 e. The first-order chi connectivity index (χ1) is 18.8. The predicted octanol–water partition coefficient (Wildman–Crippen LogP) is 1.59. The van der Waals surface area contributed by atoms with Gasteiger partial charge < -0.3 is 29.2 Å². The van der Waals surface area contributed by atoms with Gasteiger partial charge in [0.1, 0.15) is 22.8 Å². The molecule has 1 aromatic carbocycles. The lowest BCUT2D eigenvalue weighted by atomic mass is 9.92. The number of nitrogens with zero attached hydrogens (tertiary/aromatic N) is 4. The molecular weight excluding hydrogens is 504 g/mol. The van der Waals surface area contributed by atoms with Crippen LogP contribution in [0.4, 0.5) is 10.6 Å². The number of carbonyl (C=O) groups is 4. The number of rotatable bonds is 6. The van der Waals surface area contributed by atoms with Crippen LogP contribution in [0, 0.1) is 0 Å². The number of hydrogen-bond donors (Lipinski definition) is 2. The summed E-state index contributed by atoms with van der Waals surface area (Å²) in [4.78, 5) is 60.4. The molecular formula is C27H28N6O6. The molecule has 39 heavy (non-hydrogen) atoms. The second-order valence-electron chi connectivity index (χ2n) is 9.97. The molecule has 6 rings (SSSR count). The summed E-state index contributed by atoms with van der Waals surface area (Å²) in [6, 6.07) is 10.0. The number of pyridine rings is 1. The fraction of sp³-hybridized carbons (Fsp3) is 0.370. The van der Waals surface area contributed by atoms with E-state index in [1.54, 1.807) is 48.1 Å². The van der Waals surface area contributed by atoms with E-state index in [9.17, 15) is 19.2 Å². The van der Waals surface area contributed by atoms with Gasteiger partial charge in [0.25, 0.3) is 11.8 Å². The molecule has 12 heteroatoms. The zero-order chi connectivity index (χ0) is 27.3. The molecule has 3 aliphatic heterocycles. The first kappa shape index (κ1) is 24.7. The molecule has 1 atom stereocenters. The third-order valence-electron chi connectivity index (χ3n) is 7.72. The largest absolute Gasteiger partial charge is 0.497 e. The van der Waals surface area contributed by atoms with Crippen LogP contribution in [-0.4, -0.2) is 78.4 Å². The number of fused-ring (bicyclic) bond motifs is 2. The fourth-order valence-electron chi connectivity index (χ4n) is 5.46. The number of urea groups is 1. The maximum atomic E-state index is 13.1. The summed E-state index contributed by atoms with van der Waals surface area (Å²) in [7, 11) is 1.55. The molecule has 3 aliphatic rings. The van der Waals surface area contributed by atoms with Crippen LogP contribution in [0.2, 0.25) is 0 Å². The van der Waals surface area contributed by atoms with Crippen molar-refractivity contribution in [1.29, 1.82) is 0 Å². The molecule has 2 saturated heterocycles. The molecule has 202 valence electrons. The maximum absolute atomic E-state index is 13.1. The Labute approximate surface area is 223 Å². The van der Waals surface area contributed by atoms with Crippen molar-refractivity contribution in [3.05, 3.63) is 53.3 Å². The van der Waals surface area contributed by atoms with E-state index in [1.165, 1.54) is 0 Å². The van der Waals surface area contributed by atoms with E-state index in [2.05, 4.69) is 15.5 Å². The van der Waals surface area contributed by atoms with E-state index < -0.39 is 17.5 Å². The van der Waals surface area contributed by atoms with Crippen molar-refractivity contribution in [2.24, 2.45) is 0 Å². The number of amides is 5. The lowest BCUT2D eigenvalue weighted by molar-refractivity contribution is -0.129. The highest BCUT2D eigenvalue weighted by atomic mass is 16.5. The van der Waals surface area contributed by atoms with Gasteiger partial charge >= 0.3 is 6.03 Å². The lowest BCUT2D eigenvalue weighted by Crippen LogP contribution is -2.48. The van der Waals surface area contributed by atoms with E-state index in [0.29, 0.717) is 55.1 Å². The van der Waals surface area contributed by atoms with Crippen molar-refractivity contribution < 1.29 is 28.3 Å². The minimum Gasteiger partial charge on any atom is -0.497 e. The van der Waals surface area contributed by atoms with Crippen LogP contribution in [-0.2, 0) is 21.7 Å². The number of furan rings is 1. The van der Waals surface area contributed by atoms with Gasteiger partial charge in [-0.2, -0.15) is 0 Å². The van der Waals surface area contributed by atoms with Crippen LogP contribution in [0.3, 0.4) is 0 Å². The fourth-order valence-corrected chi connectivity index (χ4v) is 5.46. The second-order valence-corrected chi connectivity index (χ2v) is 9.97. The Morgan fingerprint density at radius 3 is 2.59 bits per heavy atom. The number of hydrogen-bond acceptors (Lipinski definition) is 8. The molecule has 5 amide bonds. The Hall–Kier alpha value is -4.61. The minimum atomic E-state index is -1.49. The smallest absolute Gasteiger partial charge is 0.322 e. The van der Waals surface area contributed by atoms with Crippen LogP contribution < -0.4 is 20.3 Å². The minimum absolute atomic E-state index is 0.0546. The van der Waals surface area contributed by atoms with Gasteiger partial charge in [0, 0.05) is 64.2 Å². The van der Waals surface area contributed by atoms with Gasteiger partial charge in [0.05, 0.1) is 7.11 Å². The second kappa shape index (κ2) is 9.29. The Morgan fingerprint density at radius 1 is 1.10 bits per heavy atom. The van der Waals surface area contributed by atoms with E-state index in [0.717, 1.165) is 11.4 Å². The van der Waals surface area contributed by atoms with Crippen molar-refractivity contribution in [3.63, 3.8) is 0 Å². The predicted molar refractivity (Wildman–Crippen MR) is 139 cm³/mol. The number of nitrogens with one attached hydrogen (secondary N) is 2. The van der Waals surface area contributed by atoms with Crippen molar-refractivity contribution in [3.8, 4) is 5.75 Å². The first-order valence-corrected chi connectivity index (χ1v) is 12.8. The number of ether oxygens (including phenoxy) is 1. The molecule has 12 nitrogen and oxygen atoms in total. The summed E-state index contributed by atoms with van der Waals surface area (Å²) in [5, 5.41) is 5.05. The van der Waals surface area contributed by atoms with Gasteiger partial charge in [0.2, 0.25) is 5.91 Å². The lowest BCUT2D eigenvalue weighted by Gasteiger charge is -2.34. The first-order valence-electron chi connectivity index (χ1n) is 12.8. The third kappa shape index (κ3) is 4.21. The zero-order valence-corrected chi connectivity index (χ0v) is 21.7. The number of carbonyl (C=O) groups excluding carboxylic acids is 4. The van der Waals surface area contributed by atoms with Gasteiger partial charge in [-0.1, -0.05) is 6.07 Å². The molecule has 2 fully saturated rings. The molecule has 5 heterocycles. The molecule has 1 unspecified atom stereocenters. The molecule has 0 radical (unpaired) electrons. The average molecular weight is 533 g/mol. The molecule has 0 aliphatic carbocycles. The van der Waals surface area contributed by atoms with E-state index in [4.69, 9.17) is 14.1 Å². The van der Waals surface area contributed by atoms with E-state index >= 15 is 0 Å². The monoisotopic (exact) mass is 532 g/mol. The van der Waals surface area contributed by atoms with E-state index in [-0.39, 0.29) is 30.5 Å². The normalized spacial score (nSPS) is 20.9. The van der Waals surface area contributed by atoms with Gasteiger partial charge in [-0.25, -0.2) is 9.78 Å². The molecule has 0 bridgehead atoms. The highest BCUT2D eigenvalue weighted by molar-refractivity contribution is 6.07. The van der Waals surface area contributed by atoms with Crippen molar-refractivity contribution >= 4 is 40.7 Å². The molecule has 2 N–H and O–H groups in total. The van der Waals surface area contributed by atoms with E-state index in [1.807, 2.05) is 12.1 Å². The summed E-state index contributed by atoms with van der Waals surface area (Å²) in [5.41, 5.74) is 0.965. The summed E-state index contributed by atoms with van der Waals surface area (Å²) in [6.07, 6.45) is 0.112. The van der Waals surface area contributed by atoms with Gasteiger partial charge in [-0.3, -0.25) is 19.7 Å². The van der Waals surface area contributed by atoms with Crippen LogP contribution in [0.25, 0.3) is 11.1 Å². The highest BCUT2D eigenvalue weighted by Gasteiger charge is 2.51. The van der Waals surface area contributed by atoms with Crippen LogP contribution in [0.5, 0.6) is 5.75 Å². The number of aromatic nitrogens is 1. The Bertz CT molecular complexity index is 1510. The molecule has 0 saturated carbocycles. The van der Waals surface area contributed by atoms with Gasteiger partial charge in [0.15, 0.2) is 11.1 Å². The summed E-state index contributed by atoms with van der Waals surface area (Å²) >= 11 is 0. The van der Waals surface area contributed by atoms with Gasteiger partial charge in [-0.05, 0) is 29.8 Å². The van der Waals surface area contributed by atoms with Crippen LogP contribution in [0.1, 0.15) is 35.0 Å². The van der Waals surface area contributed by atoms with Crippen LogP contribution in [0.15, 0.2) is 40.8 Å². The van der Waals surface area contributed by atoms with Crippen molar-refractivity contribution in [2.45, 2.75) is 25.4 Å². The number of anilines is 1. The highest BCUT2D eigenvalue weighted by Crippen LogP contribution is 2.35. The molecule has 0 spiro atoms. The Morgan fingerprint density at radius 2 is 1.90 bits per heavy atom. The average Bonchev–Trinajstić information content (AvgIpc) is 3.60. The summed E-state index contributed by atoms with van der Waals surface area (Å²) < 4.78 is 11.3. The molecule has 3 aromatic rings. The Kier molecular flexibility index (Phi) is 5.89. The third-order valence-corrected chi connectivity index (χ3v) is 7.72. The standard InChI is InChI=1S/C27H28N6O6/c1-16(34)31-9-11-32(12-10-31)23-6-5-21-20(28-23)14-22(39-21)27(25(36)29-26(37)30-27)7-8-33-15-17-3-4-18(38-2)13-19(17)24(33)35/h3-6,13-14H,7-12,15H2,1-2H3,(H2,29,30,36,37). The number of benzene rings is 1. The summed E-state index contributed by atoms with van der Waals surface area (Å²) in [5.74, 6) is 0.930. The van der Waals surface area contributed by atoms with Crippen molar-refractivity contribution in [2.75, 3.05) is 44.7 Å². The number of methoxy groups -OCH3 is 1. The quantitative estimate of drug-likeness (QED) is 0.457. The van der Waals surface area contributed by atoms with Crippen molar-refractivity contribution in [1.82, 2.24) is 25.4 Å². The number of imide groups is 1. The Balaban J connectivity index is 1.24. The molecule has 2 aromatic heterocycles.